The second kappa shape index (κ2) is 7.74. The highest BCUT2D eigenvalue weighted by atomic mass is 79.9. The molecule has 0 aliphatic rings. The maximum atomic E-state index is 5.85. The number of ether oxygens (including phenoxy) is 2. The highest BCUT2D eigenvalue weighted by Gasteiger charge is 2.09. The van der Waals surface area contributed by atoms with Crippen molar-refractivity contribution in [2.45, 2.75) is 13.2 Å². The second-order valence-electron chi connectivity index (χ2n) is 4.93. The third-order valence-corrected chi connectivity index (χ3v) is 3.59. The molecule has 1 aromatic carbocycles. The Hall–Kier alpha value is -2.67. The summed E-state index contributed by atoms with van der Waals surface area (Å²) >= 11 is 3.24. The molecule has 0 saturated carbocycles. The van der Waals surface area contributed by atoms with Gasteiger partial charge in [-0.3, -0.25) is 4.98 Å². The van der Waals surface area contributed by atoms with Crippen LogP contribution in [0.3, 0.4) is 0 Å². The number of aromatic nitrogens is 3. The molecule has 0 fully saturated rings. The molecule has 24 heavy (non-hydrogen) atoms. The Labute approximate surface area is 147 Å². The number of rotatable bonds is 6. The number of nitrogens with two attached hydrogens (primary N) is 1. The number of nitrogens with zero attached hydrogens (tertiary/aromatic N) is 3. The van der Waals surface area contributed by atoms with Crippen molar-refractivity contribution in [3.8, 4) is 11.6 Å². The third-order valence-electron chi connectivity index (χ3n) is 3.21. The zero-order valence-corrected chi connectivity index (χ0v) is 14.3. The molecule has 0 amide bonds. The first kappa shape index (κ1) is 16.2. The molecular formula is C17H15BrN4O2. The molecule has 0 saturated heterocycles. The molecule has 0 aliphatic carbocycles. The van der Waals surface area contributed by atoms with Gasteiger partial charge in [-0.05, 0) is 27.6 Å². The van der Waals surface area contributed by atoms with Crippen LogP contribution in [0.15, 0.2) is 59.6 Å². The summed E-state index contributed by atoms with van der Waals surface area (Å²) in [5.74, 6) is 1.16. The van der Waals surface area contributed by atoms with E-state index in [-0.39, 0.29) is 18.3 Å². The lowest BCUT2D eigenvalue weighted by atomic mass is 10.2. The number of anilines is 1. The first-order valence-corrected chi connectivity index (χ1v) is 8.02. The molecule has 0 unspecified atom stereocenters. The molecule has 122 valence electrons. The molecule has 0 aliphatic heterocycles. The van der Waals surface area contributed by atoms with E-state index in [4.69, 9.17) is 15.2 Å². The van der Waals surface area contributed by atoms with Crippen molar-refractivity contribution in [3.05, 3.63) is 70.7 Å². The summed E-state index contributed by atoms with van der Waals surface area (Å²) in [5, 5.41) is 0. The van der Waals surface area contributed by atoms with Crippen LogP contribution < -0.4 is 15.2 Å². The largest absolute Gasteiger partial charge is 0.487 e. The van der Waals surface area contributed by atoms with Crippen molar-refractivity contribution in [1.29, 1.82) is 0 Å². The van der Waals surface area contributed by atoms with Crippen LogP contribution in [0.25, 0.3) is 0 Å². The van der Waals surface area contributed by atoms with Crippen LogP contribution in [0.1, 0.15) is 11.1 Å². The molecule has 3 rings (SSSR count). The van der Waals surface area contributed by atoms with Gasteiger partial charge in [-0.25, -0.2) is 9.97 Å². The van der Waals surface area contributed by atoms with E-state index in [1.807, 2.05) is 36.4 Å². The summed E-state index contributed by atoms with van der Waals surface area (Å²) in [7, 11) is 0. The van der Waals surface area contributed by atoms with E-state index < -0.39 is 0 Å². The quantitative estimate of drug-likeness (QED) is 0.698. The summed E-state index contributed by atoms with van der Waals surface area (Å²) < 4.78 is 12.1. The Morgan fingerprint density at radius 1 is 1.00 bits per heavy atom. The number of halogens is 1. The van der Waals surface area contributed by atoms with E-state index in [1.165, 1.54) is 6.20 Å². The monoisotopic (exact) mass is 386 g/mol. The van der Waals surface area contributed by atoms with E-state index in [2.05, 4.69) is 30.9 Å². The lowest BCUT2D eigenvalue weighted by Crippen LogP contribution is -2.05. The van der Waals surface area contributed by atoms with Crippen LogP contribution in [-0.4, -0.2) is 15.0 Å². The third kappa shape index (κ3) is 4.20. The number of hydrogen-bond acceptors (Lipinski definition) is 6. The van der Waals surface area contributed by atoms with Gasteiger partial charge >= 0.3 is 0 Å². The molecule has 2 N–H and O–H groups in total. The minimum atomic E-state index is 0.235. The molecule has 0 spiro atoms. The van der Waals surface area contributed by atoms with Crippen molar-refractivity contribution < 1.29 is 9.47 Å². The van der Waals surface area contributed by atoms with Gasteiger partial charge in [0.15, 0.2) is 5.82 Å². The van der Waals surface area contributed by atoms with Gasteiger partial charge in [-0.2, -0.15) is 0 Å². The van der Waals surface area contributed by atoms with Gasteiger partial charge in [0.05, 0.1) is 12.4 Å². The number of nitrogen functional groups attached to an aromatic ring is 1. The lowest BCUT2D eigenvalue weighted by molar-refractivity contribution is 0.267. The Balaban J connectivity index is 1.69. The summed E-state index contributed by atoms with van der Waals surface area (Å²) in [4.78, 5) is 12.3. The van der Waals surface area contributed by atoms with Gasteiger partial charge in [0.1, 0.15) is 23.6 Å². The first-order valence-electron chi connectivity index (χ1n) is 7.23. The molecule has 2 heterocycles. The molecule has 6 nitrogen and oxygen atoms in total. The van der Waals surface area contributed by atoms with Gasteiger partial charge in [0.25, 0.3) is 5.88 Å². The molecule has 3 aromatic rings. The minimum absolute atomic E-state index is 0.235. The average Bonchev–Trinajstić information content (AvgIpc) is 2.62. The predicted molar refractivity (Wildman–Crippen MR) is 93.5 cm³/mol. The zero-order chi connectivity index (χ0) is 16.8. The van der Waals surface area contributed by atoms with Gasteiger partial charge in [0, 0.05) is 11.8 Å². The van der Waals surface area contributed by atoms with Crippen molar-refractivity contribution in [3.63, 3.8) is 0 Å². The zero-order valence-electron chi connectivity index (χ0n) is 12.7. The fourth-order valence-corrected chi connectivity index (χ4v) is 2.27. The van der Waals surface area contributed by atoms with E-state index >= 15 is 0 Å². The fraction of sp³-hybridized carbons (Fsp3) is 0.118. The number of benzene rings is 1. The summed E-state index contributed by atoms with van der Waals surface area (Å²) in [6, 6.07) is 11.8. The maximum absolute atomic E-state index is 5.85. The number of hydrogen-bond donors (Lipinski definition) is 1. The fourth-order valence-electron chi connectivity index (χ4n) is 2.01. The summed E-state index contributed by atoms with van der Waals surface area (Å²) in [6.45, 7) is 0.709. The average molecular weight is 387 g/mol. The van der Waals surface area contributed by atoms with Crippen molar-refractivity contribution >= 4 is 21.7 Å². The molecule has 2 aromatic heterocycles. The van der Waals surface area contributed by atoms with Crippen molar-refractivity contribution in [2.24, 2.45) is 0 Å². The predicted octanol–water partition coefficient (Wildman–Crippen LogP) is 3.37. The first-order chi connectivity index (χ1) is 11.7. The van der Waals surface area contributed by atoms with Crippen molar-refractivity contribution in [2.75, 3.05) is 5.73 Å². The van der Waals surface area contributed by atoms with Crippen LogP contribution in [0.4, 0.5) is 5.82 Å². The maximum Gasteiger partial charge on any atom is 0.258 e. The molecule has 7 heteroatoms. The van der Waals surface area contributed by atoms with Crippen molar-refractivity contribution in [1.82, 2.24) is 15.0 Å². The van der Waals surface area contributed by atoms with Crippen LogP contribution in [0.5, 0.6) is 11.6 Å². The lowest BCUT2D eigenvalue weighted by Gasteiger charge is -2.12. The van der Waals surface area contributed by atoms with E-state index in [9.17, 15) is 0 Å². The SMILES string of the molecule is Nc1ncc(Br)nc1OCc1ccncc1OCc1ccccc1. The Morgan fingerprint density at radius 3 is 2.67 bits per heavy atom. The molecule has 0 atom stereocenters. The standard InChI is InChI=1S/C17H15BrN4O2/c18-15-9-21-16(19)17(22-15)24-11-13-6-7-20-8-14(13)23-10-12-4-2-1-3-5-12/h1-9H,10-11H2,(H2,19,21). The molecule has 0 bridgehead atoms. The molecular weight excluding hydrogens is 372 g/mol. The Morgan fingerprint density at radius 2 is 1.83 bits per heavy atom. The summed E-state index contributed by atoms with van der Waals surface area (Å²) in [6.07, 6.45) is 4.87. The van der Waals surface area contributed by atoms with Crippen LogP contribution in [0, 0.1) is 0 Å². The summed E-state index contributed by atoms with van der Waals surface area (Å²) in [5.41, 5.74) is 7.69. The van der Waals surface area contributed by atoms with Gasteiger partial charge in [-0.15, -0.1) is 0 Å². The highest BCUT2D eigenvalue weighted by molar-refractivity contribution is 9.10. The smallest absolute Gasteiger partial charge is 0.258 e. The minimum Gasteiger partial charge on any atom is -0.487 e. The highest BCUT2D eigenvalue weighted by Crippen LogP contribution is 2.23. The van der Waals surface area contributed by atoms with Gasteiger partial charge in [0.2, 0.25) is 0 Å². The second-order valence-corrected chi connectivity index (χ2v) is 5.74. The van der Waals surface area contributed by atoms with E-state index in [0.29, 0.717) is 17.0 Å². The Kier molecular flexibility index (Phi) is 5.22. The van der Waals surface area contributed by atoms with Gasteiger partial charge in [-0.1, -0.05) is 30.3 Å². The van der Waals surface area contributed by atoms with Crippen LogP contribution >= 0.6 is 15.9 Å². The van der Waals surface area contributed by atoms with Crippen LogP contribution in [0.2, 0.25) is 0 Å². The van der Waals surface area contributed by atoms with Gasteiger partial charge < -0.3 is 15.2 Å². The van der Waals surface area contributed by atoms with E-state index in [1.54, 1.807) is 12.4 Å². The Bertz CT molecular complexity index is 815. The normalized spacial score (nSPS) is 10.4. The topological polar surface area (TPSA) is 83.2 Å². The molecule has 0 radical (unpaired) electrons. The number of pyridine rings is 1. The van der Waals surface area contributed by atoms with E-state index in [0.717, 1.165) is 11.1 Å². The van der Waals surface area contributed by atoms with Crippen LogP contribution in [-0.2, 0) is 13.2 Å².